The number of amides is 1. The summed E-state index contributed by atoms with van der Waals surface area (Å²) < 4.78 is 37.1. The molecule has 0 aromatic heterocycles. The molecule has 1 aliphatic rings. The molecule has 4 aromatic rings. The van der Waals surface area contributed by atoms with Gasteiger partial charge in [-0.3, -0.25) is 10.0 Å². The Morgan fingerprint density at radius 2 is 1.10 bits per heavy atom. The summed E-state index contributed by atoms with van der Waals surface area (Å²) in [5.41, 5.74) is 1.64. The predicted octanol–water partition coefficient (Wildman–Crippen LogP) is 5.09. The average Bonchev–Trinajstić information content (AvgIpc) is 3.05. The maximum Gasteiger partial charge on any atom is 0.277 e. The van der Waals surface area contributed by atoms with Gasteiger partial charge in [0.2, 0.25) is 0 Å². The van der Waals surface area contributed by atoms with E-state index >= 15 is 0 Å². The lowest BCUT2D eigenvalue weighted by molar-refractivity contribution is -0.170. The van der Waals surface area contributed by atoms with Crippen LogP contribution in [-0.2, 0) is 19.9 Å². The van der Waals surface area contributed by atoms with Crippen molar-refractivity contribution in [2.45, 2.75) is 11.7 Å². The van der Waals surface area contributed by atoms with Crippen molar-refractivity contribution in [2.24, 2.45) is 0 Å². The summed E-state index contributed by atoms with van der Waals surface area (Å²) in [6.07, 6.45) is -1.20. The van der Waals surface area contributed by atoms with Crippen molar-refractivity contribution in [3.63, 3.8) is 0 Å². The Kier molecular flexibility index (Phi) is 9.90. The van der Waals surface area contributed by atoms with E-state index in [0.717, 1.165) is 0 Å². The van der Waals surface area contributed by atoms with Crippen LogP contribution in [-0.4, -0.2) is 50.8 Å². The fraction of sp³-hybridized carbons (Fsp3) is 0.242. The molecule has 1 heterocycles. The topological polar surface area (TPSA) is 105 Å². The van der Waals surface area contributed by atoms with E-state index in [2.05, 4.69) is 0 Å². The number of hydrogen-bond acceptors (Lipinski definition) is 8. The minimum atomic E-state index is -1.35. The molecule has 42 heavy (non-hydrogen) atoms. The Morgan fingerprint density at radius 3 is 1.60 bits per heavy atom. The molecule has 2 N–H and O–H groups in total. The van der Waals surface area contributed by atoms with E-state index in [-0.39, 0.29) is 13.2 Å². The Morgan fingerprint density at radius 1 is 0.643 bits per heavy atom. The summed E-state index contributed by atoms with van der Waals surface area (Å²) in [5, 5.41) is 9.68. The molecule has 1 unspecified atom stereocenters. The third kappa shape index (κ3) is 7.19. The number of benzene rings is 4. The molecule has 1 amide bonds. The van der Waals surface area contributed by atoms with E-state index < -0.39 is 17.6 Å². The smallest absolute Gasteiger partial charge is 0.277 e. The summed E-state index contributed by atoms with van der Waals surface area (Å²) >= 11 is 0. The summed E-state index contributed by atoms with van der Waals surface area (Å²) in [5.74, 6) is 1.30. The summed E-state index contributed by atoms with van der Waals surface area (Å²) in [6.45, 7) is 1.21. The average molecular weight is 572 g/mol. The zero-order chi connectivity index (χ0) is 29.0. The predicted molar refractivity (Wildman–Crippen MR) is 154 cm³/mol. The molecule has 0 saturated carbocycles. The first-order valence-corrected chi connectivity index (χ1v) is 13.7. The Balaban J connectivity index is 1.60. The van der Waals surface area contributed by atoms with Crippen LogP contribution in [0.1, 0.15) is 17.2 Å². The van der Waals surface area contributed by atoms with Crippen molar-refractivity contribution in [2.75, 3.05) is 39.6 Å². The SMILES string of the molecule is O=C(NO)C(OC1(c2ccccc2)COc2ccccc2OCCOCCOc2ccccc2OC1)c1ccccc1. The first kappa shape index (κ1) is 28.9. The van der Waals surface area contributed by atoms with Crippen molar-refractivity contribution in [1.82, 2.24) is 5.48 Å². The third-order valence-corrected chi connectivity index (χ3v) is 6.68. The zero-order valence-corrected chi connectivity index (χ0v) is 23.0. The van der Waals surface area contributed by atoms with Gasteiger partial charge < -0.3 is 28.4 Å². The lowest BCUT2D eigenvalue weighted by Gasteiger charge is -2.37. The van der Waals surface area contributed by atoms with Gasteiger partial charge in [0.1, 0.15) is 26.4 Å². The lowest BCUT2D eigenvalue weighted by atomic mass is 9.94. The third-order valence-electron chi connectivity index (χ3n) is 6.68. The van der Waals surface area contributed by atoms with Gasteiger partial charge in [-0.1, -0.05) is 84.9 Å². The molecular formula is C33H33NO8. The maximum absolute atomic E-state index is 13.1. The molecule has 218 valence electrons. The molecule has 1 aliphatic heterocycles. The van der Waals surface area contributed by atoms with Gasteiger partial charge in [0.15, 0.2) is 34.7 Å². The quantitative estimate of drug-likeness (QED) is 0.252. The van der Waals surface area contributed by atoms with E-state index in [1.54, 1.807) is 41.9 Å². The summed E-state index contributed by atoms with van der Waals surface area (Å²) in [4.78, 5) is 13.1. The fourth-order valence-corrected chi connectivity index (χ4v) is 4.56. The number of nitrogens with one attached hydrogen (secondary N) is 1. The molecule has 0 aliphatic carbocycles. The molecule has 9 heteroatoms. The van der Waals surface area contributed by atoms with Crippen molar-refractivity contribution in [3.05, 3.63) is 120 Å². The minimum Gasteiger partial charge on any atom is -0.487 e. The van der Waals surface area contributed by atoms with Crippen LogP contribution in [0.3, 0.4) is 0 Å². The second-order valence-corrected chi connectivity index (χ2v) is 9.53. The number of hydroxylamine groups is 1. The van der Waals surface area contributed by atoms with E-state index in [1.165, 1.54) is 0 Å². The normalized spacial score (nSPS) is 16.1. The minimum absolute atomic E-state index is 0.0705. The van der Waals surface area contributed by atoms with Crippen molar-refractivity contribution >= 4 is 5.91 Å². The van der Waals surface area contributed by atoms with Gasteiger partial charge in [-0.25, -0.2) is 5.48 Å². The van der Waals surface area contributed by atoms with Gasteiger partial charge >= 0.3 is 0 Å². The van der Waals surface area contributed by atoms with Crippen molar-refractivity contribution < 1.29 is 38.4 Å². The van der Waals surface area contributed by atoms with Gasteiger partial charge in [-0.2, -0.15) is 0 Å². The number of para-hydroxylation sites is 4. The number of ether oxygens (including phenoxy) is 6. The van der Waals surface area contributed by atoms with Crippen LogP contribution in [0.25, 0.3) is 0 Å². The zero-order valence-electron chi connectivity index (χ0n) is 23.0. The number of hydrogen-bond donors (Lipinski definition) is 2. The standard InChI is InChI=1S/C33H33NO8/c35-32(34-36)31(25-11-3-1-4-12-25)42-33(26-13-5-2-6-14-26)23-40-29-17-9-7-15-27(29)38-21-19-37-20-22-39-28-16-8-10-18-30(28)41-24-33/h1-18,31,36H,19-24H2,(H,34,35). The van der Waals surface area contributed by atoms with Crippen LogP contribution in [0.4, 0.5) is 0 Å². The molecule has 0 bridgehead atoms. The van der Waals surface area contributed by atoms with Crippen LogP contribution in [0.15, 0.2) is 109 Å². The van der Waals surface area contributed by atoms with E-state index in [0.29, 0.717) is 60.6 Å². The van der Waals surface area contributed by atoms with Gasteiger partial charge in [0.25, 0.3) is 5.91 Å². The maximum atomic E-state index is 13.1. The first-order valence-electron chi connectivity index (χ1n) is 13.7. The highest BCUT2D eigenvalue weighted by Crippen LogP contribution is 2.37. The van der Waals surface area contributed by atoms with E-state index in [4.69, 9.17) is 28.4 Å². The first-order chi connectivity index (χ1) is 20.7. The number of carbonyl (C=O) groups is 1. The molecule has 9 nitrogen and oxygen atoms in total. The van der Waals surface area contributed by atoms with Crippen LogP contribution in [0, 0.1) is 0 Å². The van der Waals surface area contributed by atoms with Gasteiger partial charge in [-0.15, -0.1) is 0 Å². The number of rotatable bonds is 5. The highest BCUT2D eigenvalue weighted by atomic mass is 16.6. The van der Waals surface area contributed by atoms with Gasteiger partial charge in [-0.05, 0) is 35.4 Å². The largest absolute Gasteiger partial charge is 0.487 e. The van der Waals surface area contributed by atoms with Crippen LogP contribution < -0.4 is 24.4 Å². The number of fused-ring (bicyclic) bond motifs is 2. The summed E-state index contributed by atoms with van der Waals surface area (Å²) in [6, 6.07) is 32.9. The van der Waals surface area contributed by atoms with Gasteiger partial charge in [0.05, 0.1) is 13.2 Å². The van der Waals surface area contributed by atoms with E-state index in [1.807, 2.05) is 72.8 Å². The second-order valence-electron chi connectivity index (χ2n) is 9.53. The Labute approximate surface area is 244 Å². The van der Waals surface area contributed by atoms with Crippen LogP contribution in [0.2, 0.25) is 0 Å². The number of carbonyl (C=O) groups excluding carboxylic acids is 1. The Bertz CT molecular complexity index is 1360. The Hall–Kier alpha value is -4.57. The molecular weight excluding hydrogens is 538 g/mol. The summed E-state index contributed by atoms with van der Waals surface area (Å²) in [7, 11) is 0. The molecule has 0 radical (unpaired) electrons. The van der Waals surface area contributed by atoms with E-state index in [9.17, 15) is 10.0 Å². The monoisotopic (exact) mass is 571 g/mol. The molecule has 4 aromatic carbocycles. The molecule has 0 spiro atoms. The molecule has 1 atom stereocenters. The van der Waals surface area contributed by atoms with Crippen molar-refractivity contribution in [1.29, 1.82) is 0 Å². The fourth-order valence-electron chi connectivity index (χ4n) is 4.56. The highest BCUT2D eigenvalue weighted by molar-refractivity contribution is 5.81. The van der Waals surface area contributed by atoms with Crippen molar-refractivity contribution in [3.8, 4) is 23.0 Å². The highest BCUT2D eigenvalue weighted by Gasteiger charge is 2.41. The molecule has 0 saturated heterocycles. The second kappa shape index (κ2) is 14.4. The van der Waals surface area contributed by atoms with Gasteiger partial charge in [0, 0.05) is 0 Å². The van der Waals surface area contributed by atoms with Crippen LogP contribution in [0.5, 0.6) is 23.0 Å². The van der Waals surface area contributed by atoms with Crippen LogP contribution >= 0.6 is 0 Å². The lowest BCUT2D eigenvalue weighted by Crippen LogP contribution is -2.45. The molecule has 0 fully saturated rings. The molecule has 5 rings (SSSR count).